The van der Waals surface area contributed by atoms with Gasteiger partial charge >= 0.3 is 11.9 Å². The van der Waals surface area contributed by atoms with Gasteiger partial charge in [0.15, 0.2) is 5.79 Å². The van der Waals surface area contributed by atoms with Crippen LogP contribution in [-0.4, -0.2) is 108 Å². The number of fused-ring (bicyclic) bond motifs is 1. The second-order valence-electron chi connectivity index (χ2n) is 16.4. The number of carbonyl (C=O) groups excluding carboxylic acids is 4. The Morgan fingerprint density at radius 1 is 1.00 bits per heavy atom. The molecule has 3 aliphatic carbocycles. The first-order valence-electron chi connectivity index (χ1n) is 20.0. The van der Waals surface area contributed by atoms with E-state index in [1.54, 1.807) is 64.2 Å². The molecule has 5 atom stereocenters. The summed E-state index contributed by atoms with van der Waals surface area (Å²) in [5.41, 5.74) is 1.47. The third kappa shape index (κ3) is 10.9. The van der Waals surface area contributed by atoms with Crippen LogP contribution in [0.5, 0.6) is 0 Å². The Hall–Kier alpha value is -4.56. The first-order valence-corrected chi connectivity index (χ1v) is 20.0. The molecule has 0 aromatic heterocycles. The summed E-state index contributed by atoms with van der Waals surface area (Å²) in [5.74, 6) is -2.30. The summed E-state index contributed by atoms with van der Waals surface area (Å²) in [5, 5.41) is 22.0. The fraction of sp³-hybridized carbons (Fsp3) is 0.545. The highest BCUT2D eigenvalue weighted by molar-refractivity contribution is 5.97. The van der Waals surface area contributed by atoms with Gasteiger partial charge in [-0.2, -0.15) is 0 Å². The van der Waals surface area contributed by atoms with Crippen LogP contribution < -0.4 is 5.32 Å². The van der Waals surface area contributed by atoms with E-state index in [4.69, 9.17) is 28.8 Å². The van der Waals surface area contributed by atoms with Gasteiger partial charge in [-0.3, -0.25) is 14.4 Å². The highest BCUT2D eigenvalue weighted by Crippen LogP contribution is 2.59. The van der Waals surface area contributed by atoms with Crippen molar-refractivity contribution in [3.8, 4) is 0 Å². The fourth-order valence-electron chi connectivity index (χ4n) is 7.58. The minimum absolute atomic E-state index is 0.0121. The van der Waals surface area contributed by atoms with Gasteiger partial charge in [-0.1, -0.05) is 42.5 Å². The SMILES string of the molecule is CN(C(=O)C1=CC2OC(C3CC3)(C3CC3)OC2C(OC(=O)c2cccc(C=COCCO)c2)C1)C(Cc1ccccc1)C(=O)NC(CO)CCC(=O)OC(C)(C)C. The van der Waals surface area contributed by atoms with Gasteiger partial charge in [-0.05, 0) is 88.3 Å². The zero-order valence-corrected chi connectivity index (χ0v) is 33.3. The first-order chi connectivity index (χ1) is 27.3. The first kappa shape index (κ1) is 42.1. The number of likely N-dealkylation sites (N-methyl/N-ethyl adjacent to an activating group) is 1. The number of nitrogens with zero attached hydrogens (tertiary/aromatic N) is 1. The lowest BCUT2D eigenvalue weighted by Gasteiger charge is -2.34. The Bertz CT molecular complexity index is 1780. The van der Waals surface area contributed by atoms with E-state index in [1.165, 1.54) is 11.2 Å². The number of esters is 2. The number of hydrogen-bond donors (Lipinski definition) is 3. The molecule has 3 fully saturated rings. The smallest absolute Gasteiger partial charge is 0.338 e. The highest BCUT2D eigenvalue weighted by atomic mass is 16.8. The minimum atomic E-state index is -0.995. The summed E-state index contributed by atoms with van der Waals surface area (Å²) in [6, 6.07) is 14.4. The third-order valence-corrected chi connectivity index (χ3v) is 10.7. The molecule has 1 aliphatic heterocycles. The van der Waals surface area contributed by atoms with Gasteiger partial charge in [0.05, 0.1) is 31.1 Å². The number of benzene rings is 2. The number of nitrogens with one attached hydrogen (secondary N) is 1. The molecule has 2 amide bonds. The van der Waals surface area contributed by atoms with Gasteiger partial charge in [-0.25, -0.2) is 4.79 Å². The van der Waals surface area contributed by atoms with Crippen molar-refractivity contribution < 1.29 is 53.1 Å². The summed E-state index contributed by atoms with van der Waals surface area (Å²) in [4.78, 5) is 56.2. The van der Waals surface area contributed by atoms with Crippen molar-refractivity contribution in [3.05, 3.63) is 89.2 Å². The normalized spacial score (nSPS) is 22.5. The monoisotopic (exact) mass is 788 g/mol. The highest BCUT2D eigenvalue weighted by Gasteiger charge is 2.64. The molecule has 2 aromatic carbocycles. The topological polar surface area (TPSA) is 170 Å². The maximum absolute atomic E-state index is 14.6. The van der Waals surface area contributed by atoms with Crippen LogP contribution in [0.25, 0.3) is 6.08 Å². The van der Waals surface area contributed by atoms with Crippen molar-refractivity contribution in [1.82, 2.24) is 10.2 Å². The zero-order chi connectivity index (χ0) is 40.7. The molecule has 0 bridgehead atoms. The number of amides is 2. The second-order valence-corrected chi connectivity index (χ2v) is 16.4. The Morgan fingerprint density at radius 2 is 1.72 bits per heavy atom. The molecule has 57 heavy (non-hydrogen) atoms. The van der Waals surface area contributed by atoms with Crippen LogP contribution in [0, 0.1) is 11.8 Å². The molecule has 1 saturated heterocycles. The van der Waals surface area contributed by atoms with Gasteiger partial charge in [-0.15, -0.1) is 0 Å². The van der Waals surface area contributed by atoms with Crippen LogP contribution in [0.15, 0.2) is 72.5 Å². The van der Waals surface area contributed by atoms with Crippen LogP contribution in [0.2, 0.25) is 0 Å². The second kappa shape index (κ2) is 18.4. The molecule has 308 valence electrons. The average molecular weight is 789 g/mol. The summed E-state index contributed by atoms with van der Waals surface area (Å²) in [7, 11) is 1.56. The van der Waals surface area contributed by atoms with Gasteiger partial charge in [0, 0.05) is 43.7 Å². The molecule has 6 rings (SSSR count). The lowest BCUT2D eigenvalue weighted by atomic mass is 9.90. The van der Waals surface area contributed by atoms with E-state index in [2.05, 4.69) is 5.32 Å². The van der Waals surface area contributed by atoms with E-state index in [0.29, 0.717) is 16.7 Å². The lowest BCUT2D eigenvalue weighted by Crippen LogP contribution is -2.53. The Labute approximate surface area is 334 Å². The largest absolute Gasteiger partial charge is 0.499 e. The summed E-state index contributed by atoms with van der Waals surface area (Å²) < 4.78 is 30.4. The molecule has 0 spiro atoms. The molecule has 4 aliphatic rings. The predicted octanol–water partition coefficient (Wildman–Crippen LogP) is 4.49. The van der Waals surface area contributed by atoms with Crippen molar-refractivity contribution >= 4 is 29.8 Å². The van der Waals surface area contributed by atoms with Crippen molar-refractivity contribution in [3.63, 3.8) is 0 Å². The number of carbonyl (C=O) groups is 4. The molecule has 2 saturated carbocycles. The lowest BCUT2D eigenvalue weighted by molar-refractivity contribution is -0.209. The molecular formula is C44H56N2O11. The number of rotatable bonds is 18. The third-order valence-electron chi connectivity index (χ3n) is 10.7. The molecule has 2 aromatic rings. The number of ether oxygens (including phenoxy) is 5. The average Bonchev–Trinajstić information content (AvgIpc) is 4.14. The van der Waals surface area contributed by atoms with Crippen LogP contribution in [0.4, 0.5) is 0 Å². The molecule has 13 heteroatoms. The van der Waals surface area contributed by atoms with Gasteiger partial charge in [0.2, 0.25) is 11.8 Å². The van der Waals surface area contributed by atoms with Crippen LogP contribution in [-0.2, 0) is 44.5 Å². The van der Waals surface area contributed by atoms with Crippen molar-refractivity contribution in [2.45, 2.75) is 114 Å². The quantitative estimate of drug-likeness (QED) is 0.111. The van der Waals surface area contributed by atoms with Gasteiger partial charge in [0.1, 0.15) is 36.6 Å². The number of hydrogen-bond acceptors (Lipinski definition) is 11. The molecular weight excluding hydrogens is 732 g/mol. The Kier molecular flexibility index (Phi) is 13.5. The minimum Gasteiger partial charge on any atom is -0.499 e. The number of aliphatic hydroxyl groups is 2. The molecule has 3 N–H and O–H groups in total. The molecule has 5 unspecified atom stereocenters. The Morgan fingerprint density at radius 3 is 2.37 bits per heavy atom. The van der Waals surface area contributed by atoms with Crippen LogP contribution in [0.3, 0.4) is 0 Å². The van der Waals surface area contributed by atoms with E-state index in [-0.39, 0.29) is 50.7 Å². The van der Waals surface area contributed by atoms with E-state index < -0.39 is 72.1 Å². The summed E-state index contributed by atoms with van der Waals surface area (Å²) in [6.07, 6.45) is 7.00. The Balaban J connectivity index is 1.22. The van der Waals surface area contributed by atoms with Crippen molar-refractivity contribution in [1.29, 1.82) is 0 Å². The van der Waals surface area contributed by atoms with Crippen molar-refractivity contribution in [2.75, 3.05) is 26.9 Å². The van der Waals surface area contributed by atoms with Gasteiger partial charge in [0.25, 0.3) is 0 Å². The van der Waals surface area contributed by atoms with Crippen molar-refractivity contribution in [2.24, 2.45) is 11.8 Å². The van der Waals surface area contributed by atoms with E-state index in [1.807, 2.05) is 30.3 Å². The predicted molar refractivity (Wildman–Crippen MR) is 209 cm³/mol. The summed E-state index contributed by atoms with van der Waals surface area (Å²) >= 11 is 0. The van der Waals surface area contributed by atoms with E-state index >= 15 is 0 Å². The van der Waals surface area contributed by atoms with Crippen LogP contribution >= 0.6 is 0 Å². The van der Waals surface area contributed by atoms with E-state index in [9.17, 15) is 24.3 Å². The molecule has 13 nitrogen and oxygen atoms in total. The summed E-state index contributed by atoms with van der Waals surface area (Å²) in [6.45, 7) is 4.92. The number of aliphatic hydroxyl groups excluding tert-OH is 2. The van der Waals surface area contributed by atoms with Crippen LogP contribution in [0.1, 0.15) is 87.2 Å². The van der Waals surface area contributed by atoms with Gasteiger partial charge < -0.3 is 44.1 Å². The van der Waals surface area contributed by atoms with E-state index in [0.717, 1.165) is 31.2 Å². The molecule has 0 radical (unpaired) electrons. The standard InChI is InChI=1S/C44H56N2O11/c1-43(2,3)56-38(49)18-17-34(27-48)45-40(50)35(24-28-9-6-5-7-10-28)46(4)41(51)31-25-36(39-37(26-31)55-44(57-39,32-13-14-32)33-15-16-33)54-42(52)30-12-8-11-29(23-30)19-21-53-22-20-47/h5-12,19,21,23,26,32-37,39,47-48H,13-18,20,22,24-25,27H2,1-4H3,(H,45,50). The maximum Gasteiger partial charge on any atom is 0.338 e. The maximum atomic E-state index is 14.6. The molecule has 1 heterocycles. The zero-order valence-electron chi connectivity index (χ0n) is 33.3. The fourth-order valence-corrected chi connectivity index (χ4v) is 7.58.